The Morgan fingerprint density at radius 3 is 2.33 bits per heavy atom. The van der Waals surface area contributed by atoms with Gasteiger partial charge in [-0.3, -0.25) is 0 Å². The molecule has 0 amide bonds. The molecule has 0 aromatic heterocycles. The number of ether oxygens (including phenoxy) is 2. The molecule has 0 aliphatic carbocycles. The largest absolute Gasteiger partial charge is 0.497 e. The zero-order valence-electron chi connectivity index (χ0n) is 11.9. The molecule has 0 saturated heterocycles. The Labute approximate surface area is 122 Å². The quantitative estimate of drug-likeness (QED) is 0.886. The predicted molar refractivity (Wildman–Crippen MR) is 76.6 cm³/mol. The Hall–Kier alpha value is -2.14. The third-order valence-corrected chi connectivity index (χ3v) is 3.18. The van der Waals surface area contributed by atoms with Gasteiger partial charge in [-0.2, -0.15) is 0 Å². The molecule has 5 heteroatoms. The Bertz CT molecular complexity index is 587. The highest BCUT2D eigenvalue weighted by Crippen LogP contribution is 2.22. The van der Waals surface area contributed by atoms with Gasteiger partial charge in [0.2, 0.25) is 0 Å². The van der Waals surface area contributed by atoms with Crippen LogP contribution < -0.4 is 14.8 Å². The van der Waals surface area contributed by atoms with Crippen molar-refractivity contribution < 1.29 is 18.3 Å². The summed E-state index contributed by atoms with van der Waals surface area (Å²) in [7, 11) is 3.26. The summed E-state index contributed by atoms with van der Waals surface area (Å²) in [5.41, 5.74) is 0.242. The van der Waals surface area contributed by atoms with Crippen molar-refractivity contribution in [2.75, 3.05) is 20.8 Å². The summed E-state index contributed by atoms with van der Waals surface area (Å²) in [4.78, 5) is 0. The van der Waals surface area contributed by atoms with Gasteiger partial charge in [0.1, 0.15) is 18.1 Å². The van der Waals surface area contributed by atoms with Gasteiger partial charge in [0, 0.05) is 5.56 Å². The van der Waals surface area contributed by atoms with Crippen molar-refractivity contribution in [1.29, 1.82) is 0 Å². The third-order valence-electron chi connectivity index (χ3n) is 3.18. The summed E-state index contributed by atoms with van der Waals surface area (Å²) in [6.45, 7) is 0.184. The number of nitrogens with one attached hydrogen (secondary N) is 1. The lowest BCUT2D eigenvalue weighted by Crippen LogP contribution is -2.24. The van der Waals surface area contributed by atoms with Gasteiger partial charge in [0.05, 0.1) is 13.2 Å². The molecule has 0 saturated carbocycles. The first-order valence-corrected chi connectivity index (χ1v) is 6.53. The Kier molecular flexibility index (Phi) is 5.11. The topological polar surface area (TPSA) is 30.5 Å². The SMILES string of the molecule is CNC(COc1ccc(OC)cc1)c1cccc(F)c1F. The van der Waals surface area contributed by atoms with Crippen molar-refractivity contribution >= 4 is 0 Å². The molecule has 0 heterocycles. The molecule has 0 fully saturated rings. The molecule has 0 aliphatic heterocycles. The van der Waals surface area contributed by atoms with Crippen molar-refractivity contribution in [2.24, 2.45) is 0 Å². The third kappa shape index (κ3) is 3.70. The molecule has 1 N–H and O–H groups in total. The molecule has 112 valence electrons. The second kappa shape index (κ2) is 7.04. The van der Waals surface area contributed by atoms with Crippen LogP contribution in [0.3, 0.4) is 0 Å². The molecular weight excluding hydrogens is 276 g/mol. The lowest BCUT2D eigenvalue weighted by Gasteiger charge is -2.18. The zero-order valence-corrected chi connectivity index (χ0v) is 11.9. The molecule has 1 atom stereocenters. The Balaban J connectivity index is 2.06. The van der Waals surface area contributed by atoms with E-state index in [1.54, 1.807) is 38.4 Å². The van der Waals surface area contributed by atoms with E-state index in [1.165, 1.54) is 12.1 Å². The molecule has 2 aromatic rings. The van der Waals surface area contributed by atoms with Crippen LogP contribution in [0.4, 0.5) is 8.78 Å². The smallest absolute Gasteiger partial charge is 0.163 e. The van der Waals surface area contributed by atoms with Crippen molar-refractivity contribution in [3.63, 3.8) is 0 Å². The molecule has 0 bridgehead atoms. The van der Waals surface area contributed by atoms with Gasteiger partial charge >= 0.3 is 0 Å². The van der Waals surface area contributed by atoms with Crippen LogP contribution in [0.1, 0.15) is 11.6 Å². The predicted octanol–water partition coefficient (Wildman–Crippen LogP) is 3.31. The summed E-state index contributed by atoms with van der Waals surface area (Å²) in [5, 5.41) is 2.92. The van der Waals surface area contributed by atoms with Crippen LogP contribution in [-0.4, -0.2) is 20.8 Å². The van der Waals surface area contributed by atoms with Crippen LogP contribution in [0.5, 0.6) is 11.5 Å². The van der Waals surface area contributed by atoms with E-state index in [0.717, 1.165) is 11.8 Å². The molecule has 3 nitrogen and oxygen atoms in total. The number of rotatable bonds is 6. The molecule has 0 aliphatic rings. The number of hydrogen-bond acceptors (Lipinski definition) is 3. The Morgan fingerprint density at radius 1 is 1.05 bits per heavy atom. The number of likely N-dealkylation sites (N-methyl/N-ethyl adjacent to an activating group) is 1. The first-order chi connectivity index (χ1) is 10.2. The summed E-state index contributed by atoms with van der Waals surface area (Å²) >= 11 is 0. The zero-order chi connectivity index (χ0) is 15.2. The minimum Gasteiger partial charge on any atom is -0.497 e. The lowest BCUT2D eigenvalue weighted by molar-refractivity contribution is 0.268. The molecular formula is C16H17F2NO2. The number of methoxy groups -OCH3 is 1. The summed E-state index contributed by atoms with van der Waals surface area (Å²) in [6, 6.07) is 10.7. The van der Waals surface area contributed by atoms with Crippen LogP contribution in [0, 0.1) is 11.6 Å². The van der Waals surface area contributed by atoms with Crippen molar-refractivity contribution in [1.82, 2.24) is 5.32 Å². The highest BCUT2D eigenvalue weighted by molar-refractivity contribution is 5.31. The van der Waals surface area contributed by atoms with Crippen LogP contribution in [0.25, 0.3) is 0 Å². The average molecular weight is 293 g/mol. The second-order valence-corrected chi connectivity index (χ2v) is 4.47. The molecule has 2 aromatic carbocycles. The maximum Gasteiger partial charge on any atom is 0.163 e. The highest BCUT2D eigenvalue weighted by Gasteiger charge is 2.17. The summed E-state index contributed by atoms with van der Waals surface area (Å²) < 4.78 is 37.7. The second-order valence-electron chi connectivity index (χ2n) is 4.47. The maximum absolute atomic E-state index is 13.8. The van der Waals surface area contributed by atoms with E-state index in [2.05, 4.69) is 5.32 Å². The minimum atomic E-state index is -0.864. The molecule has 2 rings (SSSR count). The fourth-order valence-corrected chi connectivity index (χ4v) is 1.97. The van der Waals surface area contributed by atoms with E-state index in [4.69, 9.17) is 9.47 Å². The monoisotopic (exact) mass is 293 g/mol. The van der Waals surface area contributed by atoms with Gasteiger partial charge in [-0.25, -0.2) is 8.78 Å². The summed E-state index contributed by atoms with van der Waals surface area (Å²) in [5.74, 6) is -0.357. The minimum absolute atomic E-state index is 0.184. The van der Waals surface area contributed by atoms with E-state index in [1.807, 2.05) is 0 Å². The first kappa shape index (κ1) is 15.3. The van der Waals surface area contributed by atoms with E-state index in [9.17, 15) is 8.78 Å². The average Bonchev–Trinajstić information content (AvgIpc) is 2.52. The lowest BCUT2D eigenvalue weighted by atomic mass is 10.1. The van der Waals surface area contributed by atoms with Crippen molar-refractivity contribution in [3.8, 4) is 11.5 Å². The van der Waals surface area contributed by atoms with Gasteiger partial charge in [0.15, 0.2) is 11.6 Å². The van der Waals surface area contributed by atoms with E-state index in [-0.39, 0.29) is 12.2 Å². The highest BCUT2D eigenvalue weighted by atomic mass is 19.2. The fourth-order valence-electron chi connectivity index (χ4n) is 1.97. The van der Waals surface area contributed by atoms with Crippen LogP contribution in [-0.2, 0) is 0 Å². The summed E-state index contributed by atoms with van der Waals surface area (Å²) in [6.07, 6.45) is 0. The molecule has 1 unspecified atom stereocenters. The van der Waals surface area contributed by atoms with Gasteiger partial charge in [-0.15, -0.1) is 0 Å². The number of halogens is 2. The van der Waals surface area contributed by atoms with Gasteiger partial charge in [0.25, 0.3) is 0 Å². The first-order valence-electron chi connectivity index (χ1n) is 6.53. The number of hydrogen-bond donors (Lipinski definition) is 1. The van der Waals surface area contributed by atoms with Gasteiger partial charge < -0.3 is 14.8 Å². The molecule has 0 spiro atoms. The van der Waals surface area contributed by atoms with Gasteiger partial charge in [-0.1, -0.05) is 12.1 Å². The van der Waals surface area contributed by atoms with Crippen LogP contribution >= 0.6 is 0 Å². The van der Waals surface area contributed by atoms with E-state index >= 15 is 0 Å². The normalized spacial score (nSPS) is 12.0. The standard InChI is InChI=1S/C16H17F2NO2/c1-19-15(13-4-3-5-14(17)16(13)18)10-21-12-8-6-11(20-2)7-9-12/h3-9,15,19H,10H2,1-2H3. The fraction of sp³-hybridized carbons (Fsp3) is 0.250. The van der Waals surface area contributed by atoms with Crippen molar-refractivity contribution in [3.05, 3.63) is 59.7 Å². The molecule has 21 heavy (non-hydrogen) atoms. The number of benzene rings is 2. The molecule has 0 radical (unpaired) electrons. The van der Waals surface area contributed by atoms with Crippen molar-refractivity contribution in [2.45, 2.75) is 6.04 Å². The van der Waals surface area contributed by atoms with Crippen LogP contribution in [0.2, 0.25) is 0 Å². The Morgan fingerprint density at radius 2 is 1.71 bits per heavy atom. The van der Waals surface area contributed by atoms with E-state index < -0.39 is 17.7 Å². The maximum atomic E-state index is 13.8. The van der Waals surface area contributed by atoms with Gasteiger partial charge in [-0.05, 0) is 37.4 Å². The van der Waals surface area contributed by atoms with Crippen LogP contribution in [0.15, 0.2) is 42.5 Å². The van der Waals surface area contributed by atoms with E-state index in [0.29, 0.717) is 5.75 Å².